The molecule has 1 aliphatic rings. The van der Waals surface area contributed by atoms with Crippen LogP contribution in [0.25, 0.3) is 0 Å². The van der Waals surface area contributed by atoms with Crippen molar-refractivity contribution < 1.29 is 5.11 Å². The summed E-state index contributed by atoms with van der Waals surface area (Å²) in [6, 6.07) is 0. The van der Waals surface area contributed by atoms with Crippen molar-refractivity contribution in [2.45, 2.75) is 31.9 Å². The lowest BCUT2D eigenvalue weighted by Gasteiger charge is -2.02. The van der Waals surface area contributed by atoms with Crippen LogP contribution in [0.3, 0.4) is 0 Å². The molecule has 0 amide bonds. The lowest BCUT2D eigenvalue weighted by Crippen LogP contribution is -2.12. The Balaban J connectivity index is 2.03. The predicted molar refractivity (Wildman–Crippen MR) is 47.2 cm³/mol. The highest BCUT2D eigenvalue weighted by Crippen LogP contribution is 2.41. The van der Waals surface area contributed by atoms with Gasteiger partial charge in [-0.1, -0.05) is 11.3 Å². The summed E-state index contributed by atoms with van der Waals surface area (Å²) in [5.74, 6) is 0.645. The van der Waals surface area contributed by atoms with Crippen LogP contribution in [-0.2, 0) is 0 Å². The van der Waals surface area contributed by atoms with Crippen LogP contribution in [0.1, 0.15) is 30.7 Å². The van der Waals surface area contributed by atoms with E-state index in [-0.39, 0.29) is 0 Å². The van der Waals surface area contributed by atoms with Gasteiger partial charge in [-0.2, -0.15) is 0 Å². The number of hydrogen-bond donors (Lipinski definition) is 2. The molecule has 0 aromatic carbocycles. The zero-order chi connectivity index (χ0) is 8.55. The number of aliphatic hydroxyl groups is 1. The maximum Gasteiger partial charge on any atom is 0.207 e. The van der Waals surface area contributed by atoms with Gasteiger partial charge in [0.15, 0.2) is 0 Å². The van der Waals surface area contributed by atoms with E-state index in [0.717, 1.165) is 5.01 Å². The number of aromatic nitrogens is 2. The van der Waals surface area contributed by atoms with Crippen molar-refractivity contribution in [2.24, 2.45) is 0 Å². The summed E-state index contributed by atoms with van der Waals surface area (Å²) < 4.78 is 0. The molecule has 0 radical (unpaired) electrons. The molecule has 1 atom stereocenters. The van der Waals surface area contributed by atoms with Crippen LogP contribution < -0.4 is 5.32 Å². The molecule has 0 saturated heterocycles. The molecule has 1 heterocycles. The topological polar surface area (TPSA) is 58.0 Å². The molecular formula is C7H11N3OS. The second kappa shape index (κ2) is 2.99. The Bertz CT molecular complexity index is 269. The van der Waals surface area contributed by atoms with E-state index in [0.29, 0.717) is 11.0 Å². The van der Waals surface area contributed by atoms with E-state index in [9.17, 15) is 0 Å². The molecule has 5 heteroatoms. The fourth-order valence-electron chi connectivity index (χ4n) is 0.967. The average Bonchev–Trinajstić information content (AvgIpc) is 2.73. The summed E-state index contributed by atoms with van der Waals surface area (Å²) in [6.07, 6.45) is 1.93. The molecule has 0 unspecified atom stereocenters. The predicted octanol–water partition coefficient (Wildman–Crippen LogP) is 1.17. The maximum atomic E-state index is 9.00. The molecule has 0 bridgehead atoms. The second-order valence-corrected chi connectivity index (χ2v) is 4.05. The average molecular weight is 185 g/mol. The lowest BCUT2D eigenvalue weighted by atomic mass is 10.5. The highest BCUT2D eigenvalue weighted by atomic mass is 32.1. The van der Waals surface area contributed by atoms with Gasteiger partial charge in [0.25, 0.3) is 0 Å². The van der Waals surface area contributed by atoms with Gasteiger partial charge >= 0.3 is 0 Å². The molecule has 2 N–H and O–H groups in total. The van der Waals surface area contributed by atoms with E-state index in [1.54, 1.807) is 6.92 Å². The van der Waals surface area contributed by atoms with Crippen LogP contribution in [0.4, 0.5) is 5.13 Å². The van der Waals surface area contributed by atoms with Crippen molar-refractivity contribution in [3.63, 3.8) is 0 Å². The number of nitrogens with one attached hydrogen (secondary N) is 1. The SMILES string of the molecule is C[C@H](O)Nc1nnc(C2CC2)s1. The normalized spacial score (nSPS) is 19.2. The Morgan fingerprint density at radius 1 is 1.58 bits per heavy atom. The van der Waals surface area contributed by atoms with Gasteiger partial charge < -0.3 is 10.4 Å². The highest BCUT2D eigenvalue weighted by Gasteiger charge is 2.27. The van der Waals surface area contributed by atoms with Gasteiger partial charge in [0, 0.05) is 5.92 Å². The van der Waals surface area contributed by atoms with Crippen molar-refractivity contribution >= 4 is 16.5 Å². The third-order valence-corrected chi connectivity index (χ3v) is 2.72. The van der Waals surface area contributed by atoms with Gasteiger partial charge in [-0.3, -0.25) is 0 Å². The highest BCUT2D eigenvalue weighted by molar-refractivity contribution is 7.15. The molecule has 66 valence electrons. The van der Waals surface area contributed by atoms with E-state index in [2.05, 4.69) is 15.5 Å². The summed E-state index contributed by atoms with van der Waals surface area (Å²) in [5, 5.41) is 21.6. The van der Waals surface area contributed by atoms with Gasteiger partial charge in [0.2, 0.25) is 5.13 Å². The van der Waals surface area contributed by atoms with Crippen molar-refractivity contribution in [2.75, 3.05) is 5.32 Å². The molecule has 0 aliphatic heterocycles. The zero-order valence-corrected chi connectivity index (χ0v) is 7.64. The largest absolute Gasteiger partial charge is 0.374 e. The minimum Gasteiger partial charge on any atom is -0.374 e. The minimum absolute atomic E-state index is 0.551. The van der Waals surface area contributed by atoms with E-state index < -0.39 is 6.23 Å². The first-order valence-electron chi connectivity index (χ1n) is 4.03. The number of hydrogen-bond acceptors (Lipinski definition) is 5. The van der Waals surface area contributed by atoms with E-state index in [1.165, 1.54) is 24.2 Å². The fourth-order valence-corrected chi connectivity index (χ4v) is 1.96. The third kappa shape index (κ3) is 1.73. The van der Waals surface area contributed by atoms with Gasteiger partial charge in [0.1, 0.15) is 11.2 Å². The molecule has 4 nitrogen and oxygen atoms in total. The molecule has 1 aromatic rings. The van der Waals surface area contributed by atoms with Crippen LogP contribution in [0.5, 0.6) is 0 Å². The Hall–Kier alpha value is -0.680. The molecule has 2 rings (SSSR count). The first-order chi connectivity index (χ1) is 5.75. The first-order valence-corrected chi connectivity index (χ1v) is 4.85. The van der Waals surface area contributed by atoms with Crippen LogP contribution in [-0.4, -0.2) is 21.5 Å². The maximum absolute atomic E-state index is 9.00. The molecule has 0 spiro atoms. The molecular weight excluding hydrogens is 174 g/mol. The van der Waals surface area contributed by atoms with Gasteiger partial charge in [-0.25, -0.2) is 0 Å². The third-order valence-electron chi connectivity index (χ3n) is 1.70. The summed E-state index contributed by atoms with van der Waals surface area (Å²) in [6.45, 7) is 1.66. The van der Waals surface area contributed by atoms with Crippen LogP contribution in [0.15, 0.2) is 0 Å². The quantitative estimate of drug-likeness (QED) is 0.694. The van der Waals surface area contributed by atoms with E-state index in [4.69, 9.17) is 5.11 Å². The molecule has 1 aliphatic carbocycles. The zero-order valence-electron chi connectivity index (χ0n) is 6.82. The smallest absolute Gasteiger partial charge is 0.207 e. The van der Waals surface area contributed by atoms with Crippen LogP contribution in [0.2, 0.25) is 0 Å². The number of anilines is 1. The Morgan fingerprint density at radius 3 is 2.92 bits per heavy atom. The lowest BCUT2D eigenvalue weighted by molar-refractivity contribution is 0.224. The van der Waals surface area contributed by atoms with Crippen molar-refractivity contribution in [3.05, 3.63) is 5.01 Å². The summed E-state index contributed by atoms with van der Waals surface area (Å²) in [5.41, 5.74) is 0. The molecule has 1 fully saturated rings. The Morgan fingerprint density at radius 2 is 2.33 bits per heavy atom. The summed E-state index contributed by atoms with van der Waals surface area (Å²) >= 11 is 1.54. The van der Waals surface area contributed by atoms with E-state index in [1.807, 2.05) is 0 Å². The molecule has 12 heavy (non-hydrogen) atoms. The van der Waals surface area contributed by atoms with Crippen molar-refractivity contribution in [1.29, 1.82) is 0 Å². The Kier molecular flexibility index (Phi) is 1.98. The Labute approximate surface area is 74.6 Å². The van der Waals surface area contributed by atoms with Crippen molar-refractivity contribution in [3.8, 4) is 0 Å². The van der Waals surface area contributed by atoms with Crippen molar-refractivity contribution in [1.82, 2.24) is 10.2 Å². The number of nitrogens with zero attached hydrogens (tertiary/aromatic N) is 2. The standard InChI is InChI=1S/C7H11N3OS/c1-4(11)8-7-10-9-6(12-7)5-2-3-5/h4-5,11H,2-3H2,1H3,(H,8,10)/t4-/m0/s1. The first kappa shape index (κ1) is 7.94. The van der Waals surface area contributed by atoms with E-state index >= 15 is 0 Å². The van der Waals surface area contributed by atoms with Crippen LogP contribution in [0, 0.1) is 0 Å². The summed E-state index contributed by atoms with van der Waals surface area (Å²) in [7, 11) is 0. The summed E-state index contributed by atoms with van der Waals surface area (Å²) in [4.78, 5) is 0. The monoisotopic (exact) mass is 185 g/mol. The van der Waals surface area contributed by atoms with Gasteiger partial charge in [-0.05, 0) is 19.8 Å². The van der Waals surface area contributed by atoms with Crippen LogP contribution >= 0.6 is 11.3 Å². The second-order valence-electron chi connectivity index (χ2n) is 3.04. The van der Waals surface area contributed by atoms with Gasteiger partial charge in [0.05, 0.1) is 0 Å². The number of rotatable bonds is 3. The fraction of sp³-hybridized carbons (Fsp3) is 0.714. The number of aliphatic hydroxyl groups excluding tert-OH is 1. The molecule has 1 saturated carbocycles. The minimum atomic E-state index is -0.551. The van der Waals surface area contributed by atoms with Gasteiger partial charge in [-0.15, -0.1) is 10.2 Å². The molecule has 1 aromatic heterocycles.